The summed E-state index contributed by atoms with van der Waals surface area (Å²) in [6, 6.07) is 10.3. The van der Waals surface area contributed by atoms with Crippen LogP contribution in [-0.2, 0) is 6.54 Å². The van der Waals surface area contributed by atoms with Crippen LogP contribution in [0.25, 0.3) is 0 Å². The molecule has 2 aromatic rings. The van der Waals surface area contributed by atoms with Crippen molar-refractivity contribution in [2.75, 3.05) is 17.2 Å². The highest BCUT2D eigenvalue weighted by Gasteiger charge is 2.31. The standard InChI is InChI=1S/C16H20N4O/c1-2-21-15-8-9-18-16(19-15)20(14-6-7-14)11-12-4-3-5-13(17)10-12/h3-5,8-10,14H,2,6-7,11,17H2,1H3. The maximum Gasteiger partial charge on any atom is 0.229 e. The van der Waals surface area contributed by atoms with Crippen LogP contribution in [0.5, 0.6) is 5.88 Å². The van der Waals surface area contributed by atoms with Crippen LogP contribution in [0.1, 0.15) is 25.3 Å². The first kappa shape index (κ1) is 13.7. The first-order valence-corrected chi connectivity index (χ1v) is 7.33. The third-order valence-corrected chi connectivity index (χ3v) is 3.46. The molecule has 1 heterocycles. The van der Waals surface area contributed by atoms with Crippen LogP contribution in [0, 0.1) is 0 Å². The molecule has 21 heavy (non-hydrogen) atoms. The fraction of sp³-hybridized carbons (Fsp3) is 0.375. The van der Waals surface area contributed by atoms with Gasteiger partial charge in [0.15, 0.2) is 0 Å². The highest BCUT2D eigenvalue weighted by molar-refractivity contribution is 5.43. The number of ether oxygens (including phenoxy) is 1. The Hall–Kier alpha value is -2.30. The summed E-state index contributed by atoms with van der Waals surface area (Å²) < 4.78 is 5.47. The summed E-state index contributed by atoms with van der Waals surface area (Å²) >= 11 is 0. The summed E-state index contributed by atoms with van der Waals surface area (Å²) in [7, 11) is 0. The number of rotatable bonds is 6. The zero-order valence-corrected chi connectivity index (χ0v) is 12.2. The normalized spacial score (nSPS) is 14.0. The van der Waals surface area contributed by atoms with E-state index >= 15 is 0 Å². The van der Waals surface area contributed by atoms with Gasteiger partial charge in [0.05, 0.1) is 6.61 Å². The van der Waals surface area contributed by atoms with Crippen LogP contribution in [0.15, 0.2) is 36.5 Å². The second kappa shape index (κ2) is 5.99. The van der Waals surface area contributed by atoms with Crippen LogP contribution in [-0.4, -0.2) is 22.6 Å². The molecule has 0 aliphatic heterocycles. The van der Waals surface area contributed by atoms with Crippen molar-refractivity contribution in [3.63, 3.8) is 0 Å². The van der Waals surface area contributed by atoms with Gasteiger partial charge < -0.3 is 15.4 Å². The van der Waals surface area contributed by atoms with Crippen molar-refractivity contribution in [1.82, 2.24) is 9.97 Å². The molecule has 5 nitrogen and oxygen atoms in total. The van der Waals surface area contributed by atoms with Crippen LogP contribution >= 0.6 is 0 Å². The van der Waals surface area contributed by atoms with Crippen LogP contribution in [0.3, 0.4) is 0 Å². The van der Waals surface area contributed by atoms with E-state index in [1.54, 1.807) is 12.3 Å². The summed E-state index contributed by atoms with van der Waals surface area (Å²) in [5.74, 6) is 1.35. The van der Waals surface area contributed by atoms with Crippen molar-refractivity contribution < 1.29 is 4.74 Å². The Balaban J connectivity index is 1.83. The Labute approximate surface area is 124 Å². The average Bonchev–Trinajstić information content (AvgIpc) is 3.30. The lowest BCUT2D eigenvalue weighted by atomic mass is 10.2. The molecule has 3 rings (SSSR count). The molecule has 0 unspecified atom stereocenters. The van der Waals surface area contributed by atoms with Crippen molar-refractivity contribution in [3.8, 4) is 5.88 Å². The maximum atomic E-state index is 5.86. The molecule has 0 radical (unpaired) electrons. The highest BCUT2D eigenvalue weighted by atomic mass is 16.5. The van der Waals surface area contributed by atoms with Gasteiger partial charge in [-0.25, -0.2) is 4.98 Å². The van der Waals surface area contributed by atoms with Gasteiger partial charge in [-0.05, 0) is 37.5 Å². The Morgan fingerprint density at radius 2 is 2.19 bits per heavy atom. The summed E-state index contributed by atoms with van der Waals surface area (Å²) in [6.07, 6.45) is 4.12. The number of benzene rings is 1. The number of nitrogens with zero attached hydrogens (tertiary/aromatic N) is 3. The van der Waals surface area contributed by atoms with Crippen molar-refractivity contribution in [3.05, 3.63) is 42.1 Å². The fourth-order valence-electron chi connectivity index (χ4n) is 2.34. The molecule has 1 saturated carbocycles. The van der Waals surface area contributed by atoms with Crippen molar-refractivity contribution >= 4 is 11.6 Å². The van der Waals surface area contributed by atoms with E-state index in [0.29, 0.717) is 18.5 Å². The molecular weight excluding hydrogens is 264 g/mol. The zero-order chi connectivity index (χ0) is 14.7. The Bertz CT molecular complexity index is 613. The van der Waals surface area contributed by atoms with E-state index in [2.05, 4.69) is 20.9 Å². The van der Waals surface area contributed by atoms with Crippen LogP contribution in [0.2, 0.25) is 0 Å². The van der Waals surface area contributed by atoms with Gasteiger partial charge in [-0.1, -0.05) is 12.1 Å². The Kier molecular flexibility index (Phi) is 3.90. The van der Waals surface area contributed by atoms with Crippen molar-refractivity contribution in [1.29, 1.82) is 0 Å². The minimum Gasteiger partial charge on any atom is -0.478 e. The highest BCUT2D eigenvalue weighted by Crippen LogP contribution is 2.31. The van der Waals surface area contributed by atoms with Gasteiger partial charge in [0.2, 0.25) is 11.8 Å². The SMILES string of the molecule is CCOc1ccnc(N(Cc2cccc(N)c2)C2CC2)n1. The lowest BCUT2D eigenvalue weighted by Gasteiger charge is -2.22. The summed E-state index contributed by atoms with van der Waals surface area (Å²) in [4.78, 5) is 11.1. The molecule has 0 amide bonds. The lowest BCUT2D eigenvalue weighted by Crippen LogP contribution is -2.27. The van der Waals surface area contributed by atoms with E-state index in [1.807, 2.05) is 25.1 Å². The van der Waals surface area contributed by atoms with Crippen molar-refractivity contribution in [2.45, 2.75) is 32.4 Å². The Morgan fingerprint density at radius 3 is 2.90 bits per heavy atom. The molecule has 0 saturated heterocycles. The monoisotopic (exact) mass is 284 g/mol. The molecule has 0 spiro atoms. The first-order chi connectivity index (χ1) is 10.3. The van der Waals surface area contributed by atoms with Gasteiger partial charge in [-0.15, -0.1) is 0 Å². The van der Waals surface area contributed by atoms with E-state index in [0.717, 1.165) is 18.2 Å². The minimum atomic E-state index is 0.517. The van der Waals surface area contributed by atoms with Gasteiger partial charge in [-0.2, -0.15) is 4.98 Å². The number of hydrogen-bond acceptors (Lipinski definition) is 5. The number of aromatic nitrogens is 2. The predicted octanol–water partition coefficient (Wildman–Crippen LogP) is 2.63. The first-order valence-electron chi connectivity index (χ1n) is 7.33. The molecule has 5 heteroatoms. The largest absolute Gasteiger partial charge is 0.478 e. The molecule has 1 aliphatic rings. The second-order valence-electron chi connectivity index (χ2n) is 5.23. The Morgan fingerprint density at radius 1 is 1.33 bits per heavy atom. The fourth-order valence-corrected chi connectivity index (χ4v) is 2.34. The molecular formula is C16H20N4O. The molecule has 1 aromatic carbocycles. The number of nitrogens with two attached hydrogens (primary N) is 1. The third-order valence-electron chi connectivity index (χ3n) is 3.46. The topological polar surface area (TPSA) is 64.3 Å². The number of hydrogen-bond donors (Lipinski definition) is 1. The predicted molar refractivity (Wildman–Crippen MR) is 83.3 cm³/mol. The minimum absolute atomic E-state index is 0.517. The van der Waals surface area contributed by atoms with Gasteiger partial charge in [0, 0.05) is 30.5 Å². The molecule has 1 fully saturated rings. The van der Waals surface area contributed by atoms with E-state index in [4.69, 9.17) is 10.5 Å². The second-order valence-corrected chi connectivity index (χ2v) is 5.23. The third kappa shape index (κ3) is 3.42. The zero-order valence-electron chi connectivity index (χ0n) is 12.2. The average molecular weight is 284 g/mol. The van der Waals surface area contributed by atoms with E-state index in [9.17, 15) is 0 Å². The summed E-state index contributed by atoms with van der Waals surface area (Å²) in [6.45, 7) is 3.33. The lowest BCUT2D eigenvalue weighted by molar-refractivity contribution is 0.326. The smallest absolute Gasteiger partial charge is 0.229 e. The van der Waals surface area contributed by atoms with Gasteiger partial charge in [-0.3, -0.25) is 0 Å². The van der Waals surface area contributed by atoms with Gasteiger partial charge >= 0.3 is 0 Å². The molecule has 1 aliphatic carbocycles. The molecule has 0 atom stereocenters. The van der Waals surface area contributed by atoms with Crippen LogP contribution in [0.4, 0.5) is 11.6 Å². The van der Waals surface area contributed by atoms with Gasteiger partial charge in [0.25, 0.3) is 0 Å². The molecule has 0 bridgehead atoms. The molecule has 2 N–H and O–H groups in total. The molecule has 110 valence electrons. The summed E-state index contributed by atoms with van der Waals surface area (Å²) in [5, 5.41) is 0. The quantitative estimate of drug-likeness (QED) is 0.826. The van der Waals surface area contributed by atoms with E-state index < -0.39 is 0 Å². The van der Waals surface area contributed by atoms with E-state index in [1.165, 1.54) is 18.4 Å². The van der Waals surface area contributed by atoms with E-state index in [-0.39, 0.29) is 0 Å². The van der Waals surface area contributed by atoms with Gasteiger partial charge in [0.1, 0.15) is 0 Å². The maximum absolute atomic E-state index is 5.86. The van der Waals surface area contributed by atoms with Crippen molar-refractivity contribution in [2.24, 2.45) is 0 Å². The molecule has 1 aromatic heterocycles. The summed E-state index contributed by atoms with van der Waals surface area (Å²) in [5.41, 5.74) is 7.82. The van der Waals surface area contributed by atoms with Crippen LogP contribution < -0.4 is 15.4 Å². The number of anilines is 2. The number of nitrogen functional groups attached to an aromatic ring is 1.